The Kier molecular flexibility index (Phi) is 4.36. The van der Waals surface area contributed by atoms with Crippen LogP contribution in [0.4, 0.5) is 0 Å². The highest BCUT2D eigenvalue weighted by Gasteiger charge is 2.39. The van der Waals surface area contributed by atoms with Crippen molar-refractivity contribution in [2.24, 2.45) is 0 Å². The Morgan fingerprint density at radius 3 is 1.81 bits per heavy atom. The Balaban J connectivity index is 2.16. The van der Waals surface area contributed by atoms with Gasteiger partial charge in [-0.3, -0.25) is 0 Å². The van der Waals surface area contributed by atoms with E-state index < -0.39 is 5.54 Å². The molecule has 0 bridgehead atoms. The van der Waals surface area contributed by atoms with Crippen LogP contribution in [0.5, 0.6) is 0 Å². The van der Waals surface area contributed by atoms with E-state index in [2.05, 4.69) is 70.3 Å². The first-order valence-electron chi connectivity index (χ1n) is 8.60. The summed E-state index contributed by atoms with van der Waals surface area (Å²) in [4.78, 5) is 4.51. The molecular weight excluding hydrogens is 340 g/mol. The summed E-state index contributed by atoms with van der Waals surface area (Å²) in [5.74, 6) is 0. The Labute approximate surface area is 158 Å². The third-order valence-electron chi connectivity index (χ3n) is 4.75. The second kappa shape index (κ2) is 6.81. The molecule has 1 aromatic heterocycles. The molecule has 0 unspecified atom stereocenters. The molecule has 0 amide bonds. The molecule has 0 aliphatic heterocycles. The lowest BCUT2D eigenvalue weighted by molar-refractivity contribution is 0.514. The number of aromatic nitrogens is 2. The van der Waals surface area contributed by atoms with Gasteiger partial charge >= 0.3 is 0 Å². The molecule has 0 N–H and O–H groups in total. The highest BCUT2D eigenvalue weighted by molar-refractivity contribution is 6.31. The molecule has 26 heavy (non-hydrogen) atoms. The minimum atomic E-state index is -0.595. The predicted octanol–water partition coefficient (Wildman–Crippen LogP) is 5.69. The van der Waals surface area contributed by atoms with Gasteiger partial charge in [0.15, 0.2) is 0 Å². The summed E-state index contributed by atoms with van der Waals surface area (Å²) in [7, 11) is 0. The number of nitrogens with zero attached hydrogens (tertiary/aromatic N) is 2. The van der Waals surface area contributed by atoms with E-state index in [0.717, 1.165) is 27.4 Å². The molecule has 0 spiro atoms. The van der Waals surface area contributed by atoms with Crippen LogP contribution in [-0.2, 0) is 5.54 Å². The highest BCUT2D eigenvalue weighted by Crippen LogP contribution is 2.43. The second-order valence-electron chi connectivity index (χ2n) is 6.34. The third-order valence-corrected chi connectivity index (χ3v) is 5.08. The van der Waals surface area contributed by atoms with E-state index in [0.29, 0.717) is 0 Å². The molecule has 0 fully saturated rings. The average Bonchev–Trinajstić information content (AvgIpc) is 3.12. The van der Waals surface area contributed by atoms with Gasteiger partial charge in [-0.1, -0.05) is 90.5 Å². The fraction of sp³-hybridized carbons (Fsp3) is 0.0870. The molecule has 3 aromatic carbocycles. The van der Waals surface area contributed by atoms with E-state index in [1.165, 1.54) is 0 Å². The topological polar surface area (TPSA) is 17.8 Å². The van der Waals surface area contributed by atoms with E-state index in [4.69, 9.17) is 11.6 Å². The van der Waals surface area contributed by atoms with Crippen molar-refractivity contribution in [2.75, 3.05) is 0 Å². The van der Waals surface area contributed by atoms with Crippen LogP contribution in [0.1, 0.15) is 22.4 Å². The lowest BCUT2D eigenvalue weighted by atomic mass is 9.76. The molecular formula is C23H19ClN2. The van der Waals surface area contributed by atoms with Crippen LogP contribution in [-0.4, -0.2) is 9.55 Å². The van der Waals surface area contributed by atoms with E-state index >= 15 is 0 Å². The van der Waals surface area contributed by atoms with Crippen LogP contribution >= 0.6 is 11.6 Å². The quantitative estimate of drug-likeness (QED) is 0.429. The van der Waals surface area contributed by atoms with Crippen LogP contribution in [0.2, 0.25) is 5.02 Å². The smallest absolute Gasteiger partial charge is 0.123 e. The molecule has 128 valence electrons. The van der Waals surface area contributed by atoms with Crippen LogP contribution in [0.3, 0.4) is 0 Å². The molecule has 0 radical (unpaired) electrons. The van der Waals surface area contributed by atoms with Crippen molar-refractivity contribution >= 4 is 11.6 Å². The lowest BCUT2D eigenvalue weighted by Gasteiger charge is -2.37. The molecule has 0 aliphatic rings. The van der Waals surface area contributed by atoms with Crippen molar-refractivity contribution < 1.29 is 0 Å². The summed E-state index contributed by atoms with van der Waals surface area (Å²) in [6.45, 7) is 2.00. The number of rotatable bonds is 4. The van der Waals surface area contributed by atoms with E-state index in [-0.39, 0.29) is 0 Å². The number of benzene rings is 3. The predicted molar refractivity (Wildman–Crippen MR) is 107 cm³/mol. The maximum absolute atomic E-state index is 6.73. The zero-order valence-corrected chi connectivity index (χ0v) is 15.3. The fourth-order valence-electron chi connectivity index (χ4n) is 3.63. The van der Waals surface area contributed by atoms with Crippen molar-refractivity contribution in [1.29, 1.82) is 0 Å². The Morgan fingerprint density at radius 2 is 1.31 bits per heavy atom. The molecule has 4 aromatic rings. The molecule has 0 atom stereocenters. The number of hydrogen-bond donors (Lipinski definition) is 0. The molecule has 2 nitrogen and oxygen atoms in total. The normalized spacial score (nSPS) is 11.5. The Hall–Kier alpha value is -2.84. The van der Waals surface area contributed by atoms with Gasteiger partial charge in [-0.15, -0.1) is 0 Å². The van der Waals surface area contributed by atoms with Gasteiger partial charge in [0.1, 0.15) is 5.54 Å². The third kappa shape index (κ3) is 2.63. The summed E-state index contributed by atoms with van der Waals surface area (Å²) in [5.41, 5.74) is 3.67. The molecule has 1 heterocycles. The lowest BCUT2D eigenvalue weighted by Crippen LogP contribution is -2.37. The number of hydrogen-bond acceptors (Lipinski definition) is 1. The van der Waals surface area contributed by atoms with Gasteiger partial charge in [0.25, 0.3) is 0 Å². The summed E-state index contributed by atoms with van der Waals surface area (Å²) in [5, 5.41) is 0.728. The summed E-state index contributed by atoms with van der Waals surface area (Å²) in [6.07, 6.45) is 3.96. The van der Waals surface area contributed by atoms with Gasteiger partial charge in [0.2, 0.25) is 0 Å². The molecule has 0 aliphatic carbocycles. The van der Waals surface area contributed by atoms with Gasteiger partial charge in [-0.25, -0.2) is 4.98 Å². The standard InChI is InChI=1S/C23H19ClN2/c1-18-16-26(17-25-18)23(19-10-4-2-5-11-19,20-12-6-3-7-13-20)21-14-8-9-15-22(21)24/h2-17H,1H3. The Morgan fingerprint density at radius 1 is 0.769 bits per heavy atom. The number of imidazole rings is 1. The van der Waals surface area contributed by atoms with Gasteiger partial charge in [0.05, 0.1) is 12.0 Å². The van der Waals surface area contributed by atoms with Crippen molar-refractivity contribution in [2.45, 2.75) is 12.5 Å². The minimum Gasteiger partial charge on any atom is -0.319 e. The molecule has 0 saturated heterocycles. The van der Waals surface area contributed by atoms with E-state index in [1.54, 1.807) is 0 Å². The largest absolute Gasteiger partial charge is 0.319 e. The molecule has 0 saturated carbocycles. The molecule has 3 heteroatoms. The monoisotopic (exact) mass is 358 g/mol. The van der Waals surface area contributed by atoms with Gasteiger partial charge < -0.3 is 4.57 Å². The van der Waals surface area contributed by atoms with Crippen molar-refractivity contribution in [3.8, 4) is 0 Å². The number of aryl methyl sites for hydroxylation is 1. The first kappa shape index (κ1) is 16.6. The maximum atomic E-state index is 6.73. The summed E-state index contributed by atoms with van der Waals surface area (Å²) < 4.78 is 2.16. The fourth-order valence-corrected chi connectivity index (χ4v) is 3.91. The van der Waals surface area contributed by atoms with E-state index in [1.807, 2.05) is 43.6 Å². The van der Waals surface area contributed by atoms with Crippen LogP contribution < -0.4 is 0 Å². The highest BCUT2D eigenvalue weighted by atomic mass is 35.5. The number of halogens is 1. The van der Waals surface area contributed by atoms with Gasteiger partial charge in [0, 0.05) is 16.8 Å². The van der Waals surface area contributed by atoms with Gasteiger partial charge in [-0.05, 0) is 24.1 Å². The van der Waals surface area contributed by atoms with Crippen molar-refractivity contribution in [3.05, 3.63) is 125 Å². The SMILES string of the molecule is Cc1cn(C(c2ccccc2)(c2ccccc2)c2ccccc2Cl)cn1. The summed E-state index contributed by atoms with van der Waals surface area (Å²) in [6, 6.07) is 28.9. The zero-order chi connectivity index (χ0) is 18.0. The molecule has 4 rings (SSSR count). The van der Waals surface area contributed by atoms with Crippen molar-refractivity contribution in [1.82, 2.24) is 9.55 Å². The van der Waals surface area contributed by atoms with Crippen molar-refractivity contribution in [3.63, 3.8) is 0 Å². The maximum Gasteiger partial charge on any atom is 0.123 e. The Bertz CT molecular complexity index is 967. The summed E-state index contributed by atoms with van der Waals surface area (Å²) >= 11 is 6.73. The first-order chi connectivity index (χ1) is 12.7. The first-order valence-corrected chi connectivity index (χ1v) is 8.98. The second-order valence-corrected chi connectivity index (χ2v) is 6.75. The zero-order valence-electron chi connectivity index (χ0n) is 14.5. The van der Waals surface area contributed by atoms with Crippen LogP contribution in [0.25, 0.3) is 0 Å². The average molecular weight is 359 g/mol. The van der Waals surface area contributed by atoms with Crippen LogP contribution in [0.15, 0.2) is 97.5 Å². The van der Waals surface area contributed by atoms with E-state index in [9.17, 15) is 0 Å². The van der Waals surface area contributed by atoms with Gasteiger partial charge in [-0.2, -0.15) is 0 Å². The van der Waals surface area contributed by atoms with Crippen LogP contribution in [0, 0.1) is 6.92 Å². The minimum absolute atomic E-state index is 0.595.